The molecule has 26 heavy (non-hydrogen) atoms. The van der Waals surface area contributed by atoms with Crippen molar-refractivity contribution in [3.63, 3.8) is 0 Å². The van der Waals surface area contributed by atoms with Crippen molar-refractivity contribution in [1.82, 2.24) is 10.6 Å². The van der Waals surface area contributed by atoms with Crippen molar-refractivity contribution in [3.8, 4) is 11.5 Å². The number of hydrogen-bond donors (Lipinski definition) is 2. The van der Waals surface area contributed by atoms with Crippen LogP contribution in [-0.4, -0.2) is 45.8 Å². The summed E-state index contributed by atoms with van der Waals surface area (Å²) in [5.74, 6) is 1.60. The first-order chi connectivity index (χ1) is 12.4. The van der Waals surface area contributed by atoms with Gasteiger partial charge in [0.1, 0.15) is 0 Å². The fraction of sp³-hybridized carbons (Fsp3) is 0.579. The summed E-state index contributed by atoms with van der Waals surface area (Å²) >= 11 is 0. The van der Waals surface area contributed by atoms with Gasteiger partial charge in [0.15, 0.2) is 11.5 Å². The Bertz CT molecular complexity index is 717. The van der Waals surface area contributed by atoms with Gasteiger partial charge in [-0.2, -0.15) is 0 Å². The fourth-order valence-electron chi connectivity index (χ4n) is 3.76. The third-order valence-corrected chi connectivity index (χ3v) is 5.23. The zero-order chi connectivity index (χ0) is 18.9. The van der Waals surface area contributed by atoms with Crippen LogP contribution in [0, 0.1) is 11.3 Å². The number of fused-ring (bicyclic) bond motifs is 1. The lowest BCUT2D eigenvalue weighted by molar-refractivity contribution is -0.132. The SMILES string of the molecule is COc1cc2c(cc1OC)N(C(=O)NCC1CNC(=O)C(C)(C)C1)CC2. The molecule has 0 spiro atoms. The molecule has 1 unspecified atom stereocenters. The summed E-state index contributed by atoms with van der Waals surface area (Å²) in [7, 11) is 3.19. The number of ether oxygens (including phenoxy) is 2. The number of nitrogens with one attached hydrogen (secondary N) is 2. The van der Waals surface area contributed by atoms with Crippen molar-refractivity contribution in [2.24, 2.45) is 11.3 Å². The van der Waals surface area contributed by atoms with Crippen LogP contribution in [0.2, 0.25) is 0 Å². The summed E-state index contributed by atoms with van der Waals surface area (Å²) < 4.78 is 10.7. The average molecular weight is 361 g/mol. The molecule has 1 aromatic rings. The van der Waals surface area contributed by atoms with E-state index < -0.39 is 5.41 Å². The van der Waals surface area contributed by atoms with Gasteiger partial charge in [0.2, 0.25) is 5.91 Å². The molecule has 1 aromatic carbocycles. The van der Waals surface area contributed by atoms with Gasteiger partial charge in [-0.25, -0.2) is 4.79 Å². The van der Waals surface area contributed by atoms with Gasteiger partial charge in [0.05, 0.1) is 19.9 Å². The van der Waals surface area contributed by atoms with Gasteiger partial charge >= 0.3 is 6.03 Å². The minimum Gasteiger partial charge on any atom is -0.493 e. The standard InChI is InChI=1S/C19H27N3O4/c1-19(2)9-12(10-20-17(19)23)11-21-18(24)22-6-5-13-7-15(25-3)16(26-4)8-14(13)22/h7-8,12H,5-6,9-11H2,1-4H3,(H,20,23)(H,21,24). The molecule has 0 radical (unpaired) electrons. The Kier molecular flexibility index (Phi) is 4.98. The lowest BCUT2D eigenvalue weighted by atomic mass is 9.79. The number of amides is 3. The number of anilines is 1. The molecule has 7 heteroatoms. The maximum Gasteiger partial charge on any atom is 0.321 e. The molecule has 0 bridgehead atoms. The smallest absolute Gasteiger partial charge is 0.321 e. The molecule has 0 aromatic heterocycles. The largest absolute Gasteiger partial charge is 0.493 e. The molecule has 1 saturated heterocycles. The Morgan fingerprint density at radius 2 is 2.00 bits per heavy atom. The summed E-state index contributed by atoms with van der Waals surface area (Å²) in [6.45, 7) is 5.65. The fourth-order valence-corrected chi connectivity index (χ4v) is 3.76. The molecule has 3 amide bonds. The lowest BCUT2D eigenvalue weighted by Gasteiger charge is -2.34. The Labute approximate surface area is 154 Å². The minimum atomic E-state index is -0.391. The number of nitrogens with zero attached hydrogens (tertiary/aromatic N) is 1. The number of rotatable bonds is 4. The van der Waals surface area contributed by atoms with Crippen LogP contribution in [-0.2, 0) is 11.2 Å². The first kappa shape index (κ1) is 18.4. The van der Waals surface area contributed by atoms with E-state index in [0.29, 0.717) is 31.1 Å². The maximum atomic E-state index is 12.7. The zero-order valence-electron chi connectivity index (χ0n) is 15.8. The van der Waals surface area contributed by atoms with E-state index in [4.69, 9.17) is 9.47 Å². The number of benzene rings is 1. The zero-order valence-corrected chi connectivity index (χ0v) is 15.8. The van der Waals surface area contributed by atoms with Crippen molar-refractivity contribution in [1.29, 1.82) is 0 Å². The van der Waals surface area contributed by atoms with Crippen LogP contribution in [0.3, 0.4) is 0 Å². The van der Waals surface area contributed by atoms with E-state index in [1.165, 1.54) is 0 Å². The second-order valence-corrected chi connectivity index (χ2v) is 7.59. The summed E-state index contributed by atoms with van der Waals surface area (Å²) in [4.78, 5) is 26.3. The Hall–Kier alpha value is -2.44. The molecule has 1 atom stereocenters. The first-order valence-electron chi connectivity index (χ1n) is 8.94. The monoisotopic (exact) mass is 361 g/mol. The molecular weight excluding hydrogens is 334 g/mol. The molecule has 7 nitrogen and oxygen atoms in total. The highest BCUT2D eigenvalue weighted by atomic mass is 16.5. The number of hydrogen-bond acceptors (Lipinski definition) is 4. The van der Waals surface area contributed by atoms with Crippen LogP contribution in [0.25, 0.3) is 0 Å². The van der Waals surface area contributed by atoms with Crippen LogP contribution in [0.5, 0.6) is 11.5 Å². The van der Waals surface area contributed by atoms with E-state index in [9.17, 15) is 9.59 Å². The third-order valence-electron chi connectivity index (χ3n) is 5.23. The molecule has 2 N–H and O–H groups in total. The number of piperidine rings is 1. The van der Waals surface area contributed by atoms with E-state index in [1.54, 1.807) is 19.1 Å². The predicted octanol–water partition coefficient (Wildman–Crippen LogP) is 1.94. The van der Waals surface area contributed by atoms with Crippen molar-refractivity contribution in [2.45, 2.75) is 26.7 Å². The third kappa shape index (κ3) is 3.43. The van der Waals surface area contributed by atoms with Gasteiger partial charge in [-0.3, -0.25) is 9.69 Å². The molecule has 2 heterocycles. The number of urea groups is 1. The van der Waals surface area contributed by atoms with Crippen LogP contribution in [0.1, 0.15) is 25.8 Å². The highest BCUT2D eigenvalue weighted by molar-refractivity contribution is 5.94. The molecule has 0 aliphatic carbocycles. The van der Waals surface area contributed by atoms with Gasteiger partial charge in [0, 0.05) is 31.1 Å². The number of methoxy groups -OCH3 is 2. The van der Waals surface area contributed by atoms with Crippen molar-refractivity contribution >= 4 is 17.6 Å². The van der Waals surface area contributed by atoms with Crippen LogP contribution in [0.4, 0.5) is 10.5 Å². The summed E-state index contributed by atoms with van der Waals surface area (Å²) in [5.41, 5.74) is 1.54. The Morgan fingerprint density at radius 1 is 1.31 bits per heavy atom. The van der Waals surface area contributed by atoms with E-state index in [1.807, 2.05) is 26.0 Å². The second kappa shape index (κ2) is 7.05. The topological polar surface area (TPSA) is 79.9 Å². The molecular formula is C19H27N3O4. The van der Waals surface area contributed by atoms with Gasteiger partial charge < -0.3 is 20.1 Å². The summed E-state index contributed by atoms with van der Waals surface area (Å²) in [6, 6.07) is 3.66. The van der Waals surface area contributed by atoms with E-state index in [0.717, 1.165) is 24.1 Å². The van der Waals surface area contributed by atoms with Crippen molar-refractivity contribution < 1.29 is 19.1 Å². The molecule has 2 aliphatic rings. The lowest BCUT2D eigenvalue weighted by Crippen LogP contribution is -2.50. The molecule has 142 valence electrons. The Morgan fingerprint density at radius 3 is 2.65 bits per heavy atom. The van der Waals surface area contributed by atoms with Gasteiger partial charge in [-0.15, -0.1) is 0 Å². The van der Waals surface area contributed by atoms with Gasteiger partial charge in [-0.1, -0.05) is 13.8 Å². The highest BCUT2D eigenvalue weighted by Crippen LogP contribution is 2.38. The van der Waals surface area contributed by atoms with E-state index in [-0.39, 0.29) is 17.9 Å². The molecule has 1 fully saturated rings. The predicted molar refractivity (Wildman–Crippen MR) is 98.9 cm³/mol. The van der Waals surface area contributed by atoms with Crippen LogP contribution >= 0.6 is 0 Å². The first-order valence-corrected chi connectivity index (χ1v) is 8.94. The second-order valence-electron chi connectivity index (χ2n) is 7.59. The highest BCUT2D eigenvalue weighted by Gasteiger charge is 2.35. The molecule has 0 saturated carbocycles. The quantitative estimate of drug-likeness (QED) is 0.859. The number of carbonyl (C=O) groups excluding carboxylic acids is 2. The minimum absolute atomic E-state index is 0.0783. The Balaban J connectivity index is 1.65. The number of carbonyl (C=O) groups is 2. The molecule has 3 rings (SSSR count). The van der Waals surface area contributed by atoms with Crippen molar-refractivity contribution in [2.75, 3.05) is 38.8 Å². The van der Waals surface area contributed by atoms with E-state index >= 15 is 0 Å². The normalized spacial score (nSPS) is 21.0. The molecule has 2 aliphatic heterocycles. The van der Waals surface area contributed by atoms with Crippen LogP contribution < -0.4 is 25.0 Å². The van der Waals surface area contributed by atoms with Gasteiger partial charge in [0.25, 0.3) is 0 Å². The van der Waals surface area contributed by atoms with E-state index in [2.05, 4.69) is 10.6 Å². The van der Waals surface area contributed by atoms with Crippen LogP contribution in [0.15, 0.2) is 12.1 Å². The summed E-state index contributed by atoms with van der Waals surface area (Å²) in [5, 5.41) is 5.94. The van der Waals surface area contributed by atoms with Gasteiger partial charge in [-0.05, 0) is 30.4 Å². The average Bonchev–Trinajstić information content (AvgIpc) is 3.03. The maximum absolute atomic E-state index is 12.7. The summed E-state index contributed by atoms with van der Waals surface area (Å²) in [6.07, 6.45) is 1.55. The van der Waals surface area contributed by atoms with Crippen molar-refractivity contribution in [3.05, 3.63) is 17.7 Å².